The number of anilines is 2. The summed E-state index contributed by atoms with van der Waals surface area (Å²) < 4.78 is 0. The molecule has 0 amide bonds. The number of aryl methyl sites for hydroxylation is 2. The maximum absolute atomic E-state index is 4.56. The molecule has 7 heteroatoms. The standard InChI is InChI=1S/C19H21N7/c1-14-12-15(2)22-19(21-14)26-10-8-25(9-11-26)18-6-5-17(23-24-18)16-4-3-7-20-13-16/h3-7,12-13H,8-11H2,1-2H3. The van der Waals surface area contributed by atoms with Crippen LogP contribution in [0.1, 0.15) is 11.4 Å². The summed E-state index contributed by atoms with van der Waals surface area (Å²) in [5, 5.41) is 8.76. The van der Waals surface area contributed by atoms with Gasteiger partial charge in [0, 0.05) is 55.5 Å². The van der Waals surface area contributed by atoms with Gasteiger partial charge in [0.25, 0.3) is 0 Å². The average molecular weight is 347 g/mol. The molecule has 1 aliphatic rings. The number of nitrogens with zero attached hydrogens (tertiary/aromatic N) is 7. The summed E-state index contributed by atoms with van der Waals surface area (Å²) in [6.07, 6.45) is 3.55. The first-order chi connectivity index (χ1) is 12.7. The van der Waals surface area contributed by atoms with Gasteiger partial charge >= 0.3 is 0 Å². The summed E-state index contributed by atoms with van der Waals surface area (Å²) >= 11 is 0. The molecule has 0 aliphatic carbocycles. The molecular formula is C19H21N7. The minimum Gasteiger partial charge on any atom is -0.352 e. The molecule has 0 radical (unpaired) electrons. The molecule has 3 aromatic rings. The van der Waals surface area contributed by atoms with Crippen LogP contribution in [-0.2, 0) is 0 Å². The fraction of sp³-hybridized carbons (Fsp3) is 0.316. The van der Waals surface area contributed by atoms with Crippen molar-refractivity contribution >= 4 is 11.8 Å². The van der Waals surface area contributed by atoms with E-state index in [1.165, 1.54) is 0 Å². The minimum atomic E-state index is 0.820. The summed E-state index contributed by atoms with van der Waals surface area (Å²) in [5.74, 6) is 1.72. The Bertz CT molecular complexity index is 852. The lowest BCUT2D eigenvalue weighted by Gasteiger charge is -2.35. The van der Waals surface area contributed by atoms with E-state index >= 15 is 0 Å². The lowest BCUT2D eigenvalue weighted by atomic mass is 10.2. The van der Waals surface area contributed by atoms with Crippen LogP contribution in [0.5, 0.6) is 0 Å². The van der Waals surface area contributed by atoms with Gasteiger partial charge in [0.05, 0.1) is 5.69 Å². The molecule has 4 heterocycles. The minimum absolute atomic E-state index is 0.820. The summed E-state index contributed by atoms with van der Waals surface area (Å²) in [6.45, 7) is 7.50. The highest BCUT2D eigenvalue weighted by molar-refractivity contribution is 5.58. The first-order valence-electron chi connectivity index (χ1n) is 8.75. The van der Waals surface area contributed by atoms with E-state index in [-0.39, 0.29) is 0 Å². The molecule has 0 aromatic carbocycles. The molecule has 132 valence electrons. The third kappa shape index (κ3) is 3.46. The lowest BCUT2D eigenvalue weighted by molar-refractivity contribution is 0.630. The highest BCUT2D eigenvalue weighted by atomic mass is 15.3. The van der Waals surface area contributed by atoms with Crippen LogP contribution in [0.2, 0.25) is 0 Å². The van der Waals surface area contributed by atoms with Gasteiger partial charge < -0.3 is 9.80 Å². The van der Waals surface area contributed by atoms with Crippen molar-refractivity contribution in [1.29, 1.82) is 0 Å². The van der Waals surface area contributed by atoms with Crippen LogP contribution >= 0.6 is 0 Å². The second-order valence-corrected chi connectivity index (χ2v) is 6.44. The molecule has 1 aliphatic heterocycles. The molecule has 4 rings (SSSR count). The van der Waals surface area contributed by atoms with Gasteiger partial charge in [0.15, 0.2) is 5.82 Å². The van der Waals surface area contributed by atoms with Gasteiger partial charge in [0.2, 0.25) is 5.95 Å². The predicted octanol–water partition coefficient (Wildman–Crippen LogP) is 2.27. The second kappa shape index (κ2) is 7.03. The van der Waals surface area contributed by atoms with Gasteiger partial charge in [-0.2, -0.15) is 0 Å². The first-order valence-corrected chi connectivity index (χ1v) is 8.75. The highest BCUT2D eigenvalue weighted by Crippen LogP contribution is 2.19. The van der Waals surface area contributed by atoms with Crippen molar-refractivity contribution in [3.05, 3.63) is 54.1 Å². The van der Waals surface area contributed by atoms with Gasteiger partial charge in [-0.3, -0.25) is 4.98 Å². The zero-order valence-corrected chi connectivity index (χ0v) is 15.0. The van der Waals surface area contributed by atoms with Crippen LogP contribution in [0.3, 0.4) is 0 Å². The fourth-order valence-corrected chi connectivity index (χ4v) is 3.15. The van der Waals surface area contributed by atoms with Gasteiger partial charge in [-0.25, -0.2) is 9.97 Å². The lowest BCUT2D eigenvalue weighted by Crippen LogP contribution is -2.47. The van der Waals surface area contributed by atoms with Crippen LogP contribution in [0, 0.1) is 13.8 Å². The molecule has 0 spiro atoms. The Labute approximate surface area is 152 Å². The monoisotopic (exact) mass is 347 g/mol. The molecule has 0 N–H and O–H groups in total. The molecule has 1 fully saturated rings. The molecule has 26 heavy (non-hydrogen) atoms. The smallest absolute Gasteiger partial charge is 0.225 e. The van der Waals surface area contributed by atoms with E-state index in [0.29, 0.717) is 0 Å². The Hall–Kier alpha value is -3.09. The molecule has 0 saturated carbocycles. The summed E-state index contributed by atoms with van der Waals surface area (Å²) in [7, 11) is 0. The van der Waals surface area contributed by atoms with E-state index in [1.54, 1.807) is 12.4 Å². The third-order valence-corrected chi connectivity index (χ3v) is 4.46. The van der Waals surface area contributed by atoms with E-state index in [2.05, 4.69) is 34.9 Å². The van der Waals surface area contributed by atoms with Gasteiger partial charge in [-0.15, -0.1) is 10.2 Å². The highest BCUT2D eigenvalue weighted by Gasteiger charge is 2.20. The Morgan fingerprint density at radius 2 is 1.58 bits per heavy atom. The molecule has 1 saturated heterocycles. The number of hydrogen-bond donors (Lipinski definition) is 0. The summed E-state index contributed by atoms with van der Waals surface area (Å²) in [6, 6.07) is 9.91. The summed E-state index contributed by atoms with van der Waals surface area (Å²) in [5.41, 5.74) is 3.83. The SMILES string of the molecule is Cc1cc(C)nc(N2CCN(c3ccc(-c4cccnc4)nn3)CC2)n1. The van der Waals surface area contributed by atoms with Crippen molar-refractivity contribution in [3.8, 4) is 11.3 Å². The molecule has 0 atom stereocenters. The molecule has 7 nitrogen and oxygen atoms in total. The van der Waals surface area contributed by atoms with Crippen LogP contribution in [0.4, 0.5) is 11.8 Å². The number of piperazine rings is 1. The fourth-order valence-electron chi connectivity index (χ4n) is 3.15. The Balaban J connectivity index is 1.43. The Morgan fingerprint density at radius 1 is 0.846 bits per heavy atom. The molecule has 0 bridgehead atoms. The predicted molar refractivity (Wildman–Crippen MR) is 101 cm³/mol. The number of aromatic nitrogens is 5. The van der Waals surface area contributed by atoms with Crippen molar-refractivity contribution < 1.29 is 0 Å². The van der Waals surface area contributed by atoms with E-state index < -0.39 is 0 Å². The zero-order valence-electron chi connectivity index (χ0n) is 15.0. The Kier molecular flexibility index (Phi) is 4.43. The van der Waals surface area contributed by atoms with Crippen molar-refractivity contribution in [3.63, 3.8) is 0 Å². The van der Waals surface area contributed by atoms with Crippen molar-refractivity contribution in [2.75, 3.05) is 36.0 Å². The first kappa shape index (κ1) is 16.4. The van der Waals surface area contributed by atoms with E-state index in [0.717, 1.165) is 60.6 Å². The van der Waals surface area contributed by atoms with Crippen LogP contribution in [-0.4, -0.2) is 51.3 Å². The number of rotatable bonds is 3. The quantitative estimate of drug-likeness (QED) is 0.720. The largest absolute Gasteiger partial charge is 0.352 e. The van der Waals surface area contributed by atoms with Gasteiger partial charge in [-0.05, 0) is 44.2 Å². The van der Waals surface area contributed by atoms with Crippen LogP contribution < -0.4 is 9.80 Å². The van der Waals surface area contributed by atoms with Crippen LogP contribution in [0.25, 0.3) is 11.3 Å². The van der Waals surface area contributed by atoms with Crippen molar-refractivity contribution in [2.24, 2.45) is 0 Å². The molecular weight excluding hydrogens is 326 g/mol. The second-order valence-electron chi connectivity index (χ2n) is 6.44. The zero-order chi connectivity index (χ0) is 17.9. The Morgan fingerprint density at radius 3 is 2.19 bits per heavy atom. The third-order valence-electron chi connectivity index (χ3n) is 4.46. The maximum Gasteiger partial charge on any atom is 0.225 e. The van der Waals surface area contributed by atoms with Gasteiger partial charge in [0.1, 0.15) is 0 Å². The van der Waals surface area contributed by atoms with Gasteiger partial charge in [-0.1, -0.05) is 0 Å². The maximum atomic E-state index is 4.56. The molecule has 3 aromatic heterocycles. The molecule has 0 unspecified atom stereocenters. The summed E-state index contributed by atoms with van der Waals surface area (Å²) in [4.78, 5) is 17.7. The van der Waals surface area contributed by atoms with E-state index in [4.69, 9.17) is 0 Å². The van der Waals surface area contributed by atoms with Crippen molar-refractivity contribution in [1.82, 2.24) is 25.1 Å². The normalized spacial score (nSPS) is 14.5. The van der Waals surface area contributed by atoms with Crippen molar-refractivity contribution in [2.45, 2.75) is 13.8 Å². The number of pyridine rings is 1. The van der Waals surface area contributed by atoms with E-state index in [9.17, 15) is 0 Å². The number of hydrogen-bond acceptors (Lipinski definition) is 7. The van der Waals surface area contributed by atoms with E-state index in [1.807, 2.05) is 44.2 Å². The average Bonchev–Trinajstić information content (AvgIpc) is 2.68. The topological polar surface area (TPSA) is 70.9 Å². The van der Waals surface area contributed by atoms with Crippen LogP contribution in [0.15, 0.2) is 42.7 Å².